The Balaban J connectivity index is 1.99. The zero-order chi connectivity index (χ0) is 12.5. The number of H-pyrrole nitrogens is 1. The minimum absolute atomic E-state index is 1.01. The number of hydrogen-bond acceptors (Lipinski definition) is 2. The molecule has 0 atom stereocenters. The molecule has 0 aliphatic carbocycles. The van der Waals surface area contributed by atoms with Gasteiger partial charge in [-0.2, -0.15) is 5.10 Å². The molecule has 0 bridgehead atoms. The zero-order valence-corrected chi connectivity index (χ0v) is 12.0. The lowest BCUT2D eigenvalue weighted by atomic mass is 10.0. The topological polar surface area (TPSA) is 31.9 Å². The van der Waals surface area contributed by atoms with Crippen molar-refractivity contribution in [2.24, 2.45) is 0 Å². The van der Waals surface area contributed by atoms with Crippen LogP contribution in [0.15, 0.2) is 28.7 Å². The molecule has 0 unspecified atom stereocenters. The Morgan fingerprint density at radius 2 is 2.11 bits per heavy atom. The van der Waals surface area contributed by atoms with Crippen molar-refractivity contribution in [1.29, 1.82) is 0 Å². The summed E-state index contributed by atoms with van der Waals surface area (Å²) in [5, 5.41) is 7.70. The molecule has 1 aromatic carbocycles. The number of nitrogens with one attached hydrogen (secondary N) is 1. The standard InChI is InChI=1S/C14H16BrN3/c1-2-18-8-7-13-12(9-18)14(17-16-13)10-3-5-11(15)6-4-10/h3-6H,2,7-9H2,1H3,(H,16,17). The van der Waals surface area contributed by atoms with Gasteiger partial charge in [0.1, 0.15) is 0 Å². The van der Waals surface area contributed by atoms with Crippen LogP contribution in [0.4, 0.5) is 0 Å². The molecule has 18 heavy (non-hydrogen) atoms. The zero-order valence-electron chi connectivity index (χ0n) is 10.4. The Kier molecular flexibility index (Phi) is 3.22. The molecule has 0 saturated heterocycles. The molecule has 3 nitrogen and oxygen atoms in total. The Morgan fingerprint density at radius 1 is 1.33 bits per heavy atom. The molecule has 0 spiro atoms. The number of rotatable bonds is 2. The van der Waals surface area contributed by atoms with Gasteiger partial charge in [-0.3, -0.25) is 10.00 Å². The highest BCUT2D eigenvalue weighted by atomic mass is 79.9. The van der Waals surface area contributed by atoms with E-state index in [1.807, 2.05) is 0 Å². The minimum Gasteiger partial charge on any atom is -0.299 e. The number of benzene rings is 1. The number of hydrogen-bond donors (Lipinski definition) is 1. The van der Waals surface area contributed by atoms with Gasteiger partial charge in [-0.15, -0.1) is 0 Å². The van der Waals surface area contributed by atoms with Crippen LogP contribution in [0.2, 0.25) is 0 Å². The van der Waals surface area contributed by atoms with Gasteiger partial charge in [0.2, 0.25) is 0 Å². The largest absolute Gasteiger partial charge is 0.299 e. The fraction of sp³-hybridized carbons (Fsp3) is 0.357. The van der Waals surface area contributed by atoms with Crippen LogP contribution in [-0.2, 0) is 13.0 Å². The Bertz CT molecular complexity index is 545. The molecule has 1 aliphatic heterocycles. The second kappa shape index (κ2) is 4.86. The summed E-state index contributed by atoms with van der Waals surface area (Å²) in [4.78, 5) is 2.46. The normalized spacial score (nSPS) is 15.7. The highest BCUT2D eigenvalue weighted by Crippen LogP contribution is 2.28. The number of halogens is 1. The monoisotopic (exact) mass is 305 g/mol. The van der Waals surface area contributed by atoms with Crippen LogP contribution in [0, 0.1) is 0 Å². The second-order valence-electron chi connectivity index (χ2n) is 4.65. The van der Waals surface area contributed by atoms with E-state index in [0.29, 0.717) is 0 Å². The van der Waals surface area contributed by atoms with E-state index in [1.54, 1.807) is 0 Å². The summed E-state index contributed by atoms with van der Waals surface area (Å²) in [5.74, 6) is 0. The number of nitrogens with zero attached hydrogens (tertiary/aromatic N) is 2. The molecule has 0 amide bonds. The van der Waals surface area contributed by atoms with Gasteiger partial charge < -0.3 is 0 Å². The van der Waals surface area contributed by atoms with Crippen LogP contribution >= 0.6 is 15.9 Å². The average Bonchev–Trinajstić information content (AvgIpc) is 2.82. The first kappa shape index (κ1) is 11.9. The number of aromatic nitrogens is 2. The summed E-state index contributed by atoms with van der Waals surface area (Å²) < 4.78 is 1.10. The predicted molar refractivity (Wildman–Crippen MR) is 76.4 cm³/mol. The van der Waals surface area contributed by atoms with Gasteiger partial charge in [0.05, 0.1) is 5.69 Å². The molecule has 2 aromatic rings. The van der Waals surface area contributed by atoms with Crippen LogP contribution in [0.25, 0.3) is 11.3 Å². The fourth-order valence-electron chi connectivity index (χ4n) is 2.47. The molecule has 1 N–H and O–H groups in total. The van der Waals surface area contributed by atoms with Gasteiger partial charge in [-0.25, -0.2) is 0 Å². The molecule has 1 aromatic heterocycles. The van der Waals surface area contributed by atoms with E-state index in [1.165, 1.54) is 16.8 Å². The Morgan fingerprint density at radius 3 is 2.83 bits per heavy atom. The highest BCUT2D eigenvalue weighted by Gasteiger charge is 2.21. The van der Waals surface area contributed by atoms with E-state index < -0.39 is 0 Å². The second-order valence-corrected chi connectivity index (χ2v) is 5.57. The van der Waals surface area contributed by atoms with Gasteiger partial charge in [-0.05, 0) is 18.7 Å². The van der Waals surface area contributed by atoms with E-state index in [4.69, 9.17) is 0 Å². The van der Waals surface area contributed by atoms with Crippen molar-refractivity contribution < 1.29 is 0 Å². The van der Waals surface area contributed by atoms with Crippen molar-refractivity contribution in [3.63, 3.8) is 0 Å². The van der Waals surface area contributed by atoms with Gasteiger partial charge in [-0.1, -0.05) is 35.0 Å². The van der Waals surface area contributed by atoms with E-state index in [9.17, 15) is 0 Å². The van der Waals surface area contributed by atoms with E-state index in [-0.39, 0.29) is 0 Å². The van der Waals surface area contributed by atoms with Crippen molar-refractivity contribution in [3.8, 4) is 11.3 Å². The van der Waals surface area contributed by atoms with Crippen LogP contribution in [-0.4, -0.2) is 28.2 Å². The summed E-state index contributed by atoms with van der Waals surface area (Å²) in [6.07, 6.45) is 1.08. The lowest BCUT2D eigenvalue weighted by Gasteiger charge is -2.25. The van der Waals surface area contributed by atoms with Crippen molar-refractivity contribution in [3.05, 3.63) is 40.0 Å². The van der Waals surface area contributed by atoms with Crippen molar-refractivity contribution >= 4 is 15.9 Å². The van der Waals surface area contributed by atoms with Crippen LogP contribution in [0.3, 0.4) is 0 Å². The van der Waals surface area contributed by atoms with Gasteiger partial charge >= 0.3 is 0 Å². The fourth-order valence-corrected chi connectivity index (χ4v) is 2.73. The van der Waals surface area contributed by atoms with Crippen LogP contribution in [0.5, 0.6) is 0 Å². The molecular weight excluding hydrogens is 290 g/mol. The summed E-state index contributed by atoms with van der Waals surface area (Å²) in [7, 11) is 0. The number of fused-ring (bicyclic) bond motifs is 1. The van der Waals surface area contributed by atoms with Gasteiger partial charge in [0.15, 0.2) is 0 Å². The SMILES string of the molecule is CCN1CCc2[nH]nc(-c3ccc(Br)cc3)c2C1. The third-order valence-corrected chi connectivity index (χ3v) is 4.11. The maximum absolute atomic E-state index is 4.50. The first-order valence-corrected chi connectivity index (χ1v) is 7.11. The first-order chi connectivity index (χ1) is 8.78. The highest BCUT2D eigenvalue weighted by molar-refractivity contribution is 9.10. The Hall–Kier alpha value is -1.13. The average molecular weight is 306 g/mol. The van der Waals surface area contributed by atoms with Gasteiger partial charge in [0, 0.05) is 40.8 Å². The molecule has 0 radical (unpaired) electrons. The molecule has 3 rings (SSSR count). The lowest BCUT2D eigenvalue weighted by Crippen LogP contribution is -2.30. The lowest BCUT2D eigenvalue weighted by molar-refractivity contribution is 0.267. The molecule has 0 saturated carbocycles. The number of likely N-dealkylation sites (N-methyl/N-ethyl adjacent to an activating group) is 1. The third kappa shape index (κ3) is 2.10. The van der Waals surface area contributed by atoms with E-state index >= 15 is 0 Å². The molecule has 1 aliphatic rings. The van der Waals surface area contributed by atoms with E-state index in [0.717, 1.165) is 36.2 Å². The predicted octanol–water partition coefficient (Wildman–Crippen LogP) is 3.22. The van der Waals surface area contributed by atoms with E-state index in [2.05, 4.69) is 62.2 Å². The summed E-state index contributed by atoms with van der Waals surface area (Å²) in [6, 6.07) is 8.37. The molecule has 4 heteroatoms. The maximum Gasteiger partial charge on any atom is 0.0968 e. The smallest absolute Gasteiger partial charge is 0.0968 e. The van der Waals surface area contributed by atoms with Crippen LogP contribution in [0.1, 0.15) is 18.2 Å². The van der Waals surface area contributed by atoms with Crippen LogP contribution < -0.4 is 0 Å². The van der Waals surface area contributed by atoms with Crippen molar-refractivity contribution in [1.82, 2.24) is 15.1 Å². The third-order valence-electron chi connectivity index (χ3n) is 3.58. The summed E-state index contributed by atoms with van der Waals surface area (Å²) >= 11 is 3.47. The quantitative estimate of drug-likeness (QED) is 0.924. The maximum atomic E-state index is 4.50. The Labute approximate surface area is 115 Å². The summed E-state index contributed by atoms with van der Waals surface area (Å²) in [6.45, 7) is 5.45. The number of aromatic amines is 1. The summed E-state index contributed by atoms with van der Waals surface area (Å²) in [5.41, 5.74) is 4.97. The molecule has 2 heterocycles. The van der Waals surface area contributed by atoms with Gasteiger partial charge in [0.25, 0.3) is 0 Å². The first-order valence-electron chi connectivity index (χ1n) is 6.32. The van der Waals surface area contributed by atoms with Crippen molar-refractivity contribution in [2.75, 3.05) is 13.1 Å². The molecular formula is C14H16BrN3. The minimum atomic E-state index is 1.01. The molecule has 0 fully saturated rings. The molecule has 94 valence electrons. The van der Waals surface area contributed by atoms with Crippen molar-refractivity contribution in [2.45, 2.75) is 19.9 Å².